The van der Waals surface area contributed by atoms with Gasteiger partial charge >= 0.3 is 0 Å². The molecule has 0 aliphatic carbocycles. The highest BCUT2D eigenvalue weighted by molar-refractivity contribution is 14.1. The number of nitrogens with zero attached hydrogens (tertiary/aromatic N) is 1. The van der Waals surface area contributed by atoms with Crippen LogP contribution >= 0.6 is 22.6 Å². The lowest BCUT2D eigenvalue weighted by Gasteiger charge is -2.23. The summed E-state index contributed by atoms with van der Waals surface area (Å²) in [5.41, 5.74) is 2.83. The number of rotatable bonds is 4. The zero-order valence-corrected chi connectivity index (χ0v) is 17.0. The molecule has 1 atom stereocenters. The molecule has 5 nitrogen and oxygen atoms in total. The van der Waals surface area contributed by atoms with E-state index < -0.39 is 10.0 Å². The predicted molar refractivity (Wildman–Crippen MR) is 109 cm³/mol. The monoisotopic (exact) mass is 470 g/mol. The predicted octanol–water partition coefficient (Wildman–Crippen LogP) is 3.64. The molecule has 2 aromatic rings. The van der Waals surface area contributed by atoms with E-state index in [1.165, 1.54) is 4.31 Å². The molecule has 1 heterocycles. The van der Waals surface area contributed by atoms with Gasteiger partial charge in [0.15, 0.2) is 0 Å². The van der Waals surface area contributed by atoms with Crippen molar-refractivity contribution in [3.8, 4) is 0 Å². The molecule has 1 aliphatic rings. The molecule has 7 heteroatoms. The topological polar surface area (TPSA) is 66.5 Å². The van der Waals surface area contributed by atoms with Gasteiger partial charge in [-0.25, -0.2) is 8.42 Å². The number of anilines is 2. The van der Waals surface area contributed by atoms with E-state index in [4.69, 9.17) is 0 Å². The summed E-state index contributed by atoms with van der Waals surface area (Å²) in [6, 6.07) is 12.6. The molecule has 0 saturated carbocycles. The fourth-order valence-corrected chi connectivity index (χ4v) is 4.78. The molecule has 0 unspecified atom stereocenters. The lowest BCUT2D eigenvalue weighted by atomic mass is 10.1. The van der Waals surface area contributed by atoms with E-state index in [2.05, 4.69) is 27.9 Å². The number of halogens is 1. The number of amides is 1. The molecule has 0 saturated heterocycles. The highest BCUT2D eigenvalue weighted by Crippen LogP contribution is 2.35. The van der Waals surface area contributed by atoms with Gasteiger partial charge in [-0.2, -0.15) is 0 Å². The fraction of sp³-hybridized carbons (Fsp3) is 0.278. The van der Waals surface area contributed by atoms with Crippen molar-refractivity contribution in [2.24, 2.45) is 0 Å². The zero-order chi connectivity index (χ0) is 18.2. The van der Waals surface area contributed by atoms with Crippen LogP contribution in [-0.4, -0.2) is 26.1 Å². The first-order chi connectivity index (χ1) is 11.8. The summed E-state index contributed by atoms with van der Waals surface area (Å²) in [7, 11) is -3.31. The summed E-state index contributed by atoms with van der Waals surface area (Å²) in [5, 5.41) is 2.87. The Morgan fingerprint density at radius 1 is 1.24 bits per heavy atom. The number of nitrogens with one attached hydrogen (secondary N) is 1. The first kappa shape index (κ1) is 18.2. The normalized spacial score (nSPS) is 16.6. The Morgan fingerprint density at radius 3 is 2.56 bits per heavy atom. The molecule has 0 bridgehead atoms. The maximum atomic E-state index is 12.5. The molecule has 0 spiro atoms. The van der Waals surface area contributed by atoms with Gasteiger partial charge < -0.3 is 5.32 Å². The van der Waals surface area contributed by atoms with E-state index in [1.807, 2.05) is 31.2 Å². The van der Waals surface area contributed by atoms with Gasteiger partial charge in [0, 0.05) is 20.9 Å². The first-order valence-electron chi connectivity index (χ1n) is 8.04. The molecule has 0 aromatic heterocycles. The van der Waals surface area contributed by atoms with Crippen molar-refractivity contribution < 1.29 is 13.2 Å². The highest BCUT2D eigenvalue weighted by Gasteiger charge is 2.34. The zero-order valence-electron chi connectivity index (χ0n) is 14.0. The van der Waals surface area contributed by atoms with Crippen LogP contribution in [0, 0.1) is 3.57 Å². The van der Waals surface area contributed by atoms with Gasteiger partial charge in [-0.15, -0.1) is 0 Å². The quantitative estimate of drug-likeness (QED) is 0.695. The molecule has 132 valence electrons. The van der Waals surface area contributed by atoms with Gasteiger partial charge in [0.05, 0.1) is 11.4 Å². The van der Waals surface area contributed by atoms with E-state index in [9.17, 15) is 13.2 Å². The van der Waals surface area contributed by atoms with Crippen LogP contribution in [0.15, 0.2) is 42.5 Å². The van der Waals surface area contributed by atoms with E-state index >= 15 is 0 Å². The van der Waals surface area contributed by atoms with E-state index in [0.29, 0.717) is 17.7 Å². The van der Waals surface area contributed by atoms with Crippen molar-refractivity contribution in [2.45, 2.75) is 26.3 Å². The summed E-state index contributed by atoms with van der Waals surface area (Å²) in [5.74, 6) is -0.139. The van der Waals surface area contributed by atoms with E-state index in [1.54, 1.807) is 25.1 Å². The lowest BCUT2D eigenvalue weighted by Crippen LogP contribution is -2.36. The molecule has 1 amide bonds. The minimum atomic E-state index is -3.31. The van der Waals surface area contributed by atoms with E-state index in [-0.39, 0.29) is 17.7 Å². The Balaban J connectivity index is 1.86. The number of carbonyl (C=O) groups excluding carboxylic acids is 1. The lowest BCUT2D eigenvalue weighted by molar-refractivity contribution is 0.102. The van der Waals surface area contributed by atoms with Crippen LogP contribution in [0.5, 0.6) is 0 Å². The van der Waals surface area contributed by atoms with Gasteiger partial charge in [-0.1, -0.05) is 0 Å². The molecule has 25 heavy (non-hydrogen) atoms. The maximum Gasteiger partial charge on any atom is 0.255 e. The van der Waals surface area contributed by atoms with Gasteiger partial charge in [0.25, 0.3) is 5.91 Å². The SMILES string of the molecule is CCS(=O)(=O)N1c2ccc(C(=O)Nc3ccc(I)cc3)cc2C[C@H]1C. The third-order valence-corrected chi connectivity index (χ3v) is 6.87. The fourth-order valence-electron chi connectivity index (χ4n) is 3.04. The Morgan fingerprint density at radius 2 is 1.92 bits per heavy atom. The maximum absolute atomic E-state index is 12.5. The Hall–Kier alpha value is -1.61. The Labute approximate surface area is 161 Å². The van der Waals surface area contributed by atoms with Gasteiger partial charge in [0.1, 0.15) is 0 Å². The number of hydrogen-bond acceptors (Lipinski definition) is 3. The average Bonchev–Trinajstić information content (AvgIpc) is 2.92. The minimum absolute atomic E-state index is 0.0613. The number of benzene rings is 2. The molecule has 1 N–H and O–H groups in total. The molecule has 1 aliphatic heterocycles. The number of carbonyl (C=O) groups is 1. The van der Waals surface area contributed by atoms with Crippen molar-refractivity contribution in [3.05, 3.63) is 57.2 Å². The largest absolute Gasteiger partial charge is 0.322 e. The highest BCUT2D eigenvalue weighted by atomic mass is 127. The molecule has 0 radical (unpaired) electrons. The van der Waals surface area contributed by atoms with Gasteiger partial charge in [-0.3, -0.25) is 9.10 Å². The van der Waals surface area contributed by atoms with Crippen molar-refractivity contribution in [1.29, 1.82) is 0 Å². The molecule has 2 aromatic carbocycles. The van der Waals surface area contributed by atoms with Crippen LogP contribution in [0.2, 0.25) is 0 Å². The van der Waals surface area contributed by atoms with Gasteiger partial charge in [0.2, 0.25) is 10.0 Å². The van der Waals surface area contributed by atoms with Crippen LogP contribution in [0.4, 0.5) is 11.4 Å². The standard InChI is InChI=1S/C18H19IN2O3S/c1-3-25(23,24)21-12(2)10-14-11-13(4-9-17(14)21)18(22)20-16-7-5-15(19)6-8-16/h4-9,11-12H,3,10H2,1-2H3,(H,20,22)/t12-/m1/s1. The second-order valence-corrected chi connectivity index (χ2v) is 9.43. The summed E-state index contributed by atoms with van der Waals surface area (Å²) in [4.78, 5) is 12.5. The van der Waals surface area contributed by atoms with Crippen molar-refractivity contribution in [3.63, 3.8) is 0 Å². The summed E-state index contributed by atoms with van der Waals surface area (Å²) in [6.07, 6.45) is 0.610. The van der Waals surface area contributed by atoms with Crippen LogP contribution in [0.25, 0.3) is 0 Å². The smallest absolute Gasteiger partial charge is 0.255 e. The second-order valence-electron chi connectivity index (χ2n) is 6.05. The summed E-state index contributed by atoms with van der Waals surface area (Å²) < 4.78 is 27.2. The van der Waals surface area contributed by atoms with Crippen molar-refractivity contribution >= 4 is 49.9 Å². The average molecular weight is 470 g/mol. The summed E-state index contributed by atoms with van der Waals surface area (Å²) in [6.45, 7) is 3.53. The van der Waals surface area contributed by atoms with Crippen LogP contribution < -0.4 is 9.62 Å². The molecule has 0 fully saturated rings. The molecular weight excluding hydrogens is 451 g/mol. The van der Waals surface area contributed by atoms with E-state index in [0.717, 1.165) is 14.8 Å². The Bertz CT molecular complexity index is 910. The Kier molecular flexibility index (Phi) is 5.06. The van der Waals surface area contributed by atoms with Crippen LogP contribution in [-0.2, 0) is 16.4 Å². The third-order valence-electron chi connectivity index (χ3n) is 4.26. The third kappa shape index (κ3) is 3.67. The molecule has 3 rings (SSSR count). The molecular formula is C18H19IN2O3S. The first-order valence-corrected chi connectivity index (χ1v) is 10.7. The number of sulfonamides is 1. The number of hydrogen-bond donors (Lipinski definition) is 1. The van der Waals surface area contributed by atoms with Crippen molar-refractivity contribution in [1.82, 2.24) is 0 Å². The van der Waals surface area contributed by atoms with Gasteiger partial charge in [-0.05, 0) is 90.9 Å². The summed E-state index contributed by atoms with van der Waals surface area (Å²) >= 11 is 2.21. The van der Waals surface area contributed by atoms with Crippen LogP contribution in [0.3, 0.4) is 0 Å². The second kappa shape index (κ2) is 6.95. The number of fused-ring (bicyclic) bond motifs is 1. The van der Waals surface area contributed by atoms with Crippen molar-refractivity contribution in [2.75, 3.05) is 15.4 Å². The minimum Gasteiger partial charge on any atom is -0.322 e. The van der Waals surface area contributed by atoms with Crippen LogP contribution in [0.1, 0.15) is 29.8 Å².